The van der Waals surface area contributed by atoms with Crippen LogP contribution in [0.3, 0.4) is 0 Å². The van der Waals surface area contributed by atoms with Crippen molar-refractivity contribution in [1.29, 1.82) is 0 Å². The average Bonchev–Trinajstić information content (AvgIpc) is 2.80. The fourth-order valence-electron chi connectivity index (χ4n) is 2.35. The summed E-state index contributed by atoms with van der Waals surface area (Å²) in [5, 5.41) is 6.26. The molecule has 0 unspecified atom stereocenters. The second-order valence-corrected chi connectivity index (χ2v) is 5.78. The van der Waals surface area contributed by atoms with E-state index >= 15 is 0 Å². The summed E-state index contributed by atoms with van der Waals surface area (Å²) in [7, 11) is 1.65. The van der Waals surface area contributed by atoms with Gasteiger partial charge in [-0.2, -0.15) is 0 Å². The van der Waals surface area contributed by atoms with Crippen molar-refractivity contribution in [3.05, 3.63) is 28.2 Å². The van der Waals surface area contributed by atoms with E-state index in [4.69, 9.17) is 4.74 Å². The van der Waals surface area contributed by atoms with E-state index < -0.39 is 0 Å². The molecule has 104 valence electrons. The summed E-state index contributed by atoms with van der Waals surface area (Å²) in [6, 6.07) is 5.77. The molecule has 0 aromatic heterocycles. The maximum absolute atomic E-state index is 12.3. The lowest BCUT2D eigenvalue weighted by molar-refractivity contribution is -0.120. The smallest absolute Gasteiger partial charge is 0.229 e. The Bertz CT molecular complexity index is 465. The van der Waals surface area contributed by atoms with Crippen LogP contribution in [0.25, 0.3) is 0 Å². The third-order valence-corrected chi connectivity index (χ3v) is 4.26. The van der Waals surface area contributed by atoms with E-state index in [1.807, 2.05) is 18.2 Å². The van der Waals surface area contributed by atoms with Crippen LogP contribution in [0.2, 0.25) is 0 Å². The number of benzene rings is 1. The number of rotatable bonds is 4. The Labute approximate surface area is 122 Å². The highest BCUT2D eigenvalue weighted by atomic mass is 79.9. The Morgan fingerprint density at radius 3 is 2.95 bits per heavy atom. The van der Waals surface area contributed by atoms with Gasteiger partial charge in [-0.05, 0) is 24.6 Å². The van der Waals surface area contributed by atoms with E-state index in [0.29, 0.717) is 12.5 Å². The summed E-state index contributed by atoms with van der Waals surface area (Å²) in [6.45, 7) is 4.22. The lowest BCUT2D eigenvalue weighted by atomic mass is 9.97. The number of anilines is 1. The van der Waals surface area contributed by atoms with Crippen LogP contribution in [0, 0.1) is 11.8 Å². The highest BCUT2D eigenvalue weighted by Gasteiger charge is 2.29. The lowest BCUT2D eigenvalue weighted by Gasteiger charge is -2.17. The number of carbonyl (C=O) groups is 1. The molecule has 1 heterocycles. The summed E-state index contributed by atoms with van der Waals surface area (Å²) in [6.07, 6.45) is 0. The molecule has 0 radical (unpaired) electrons. The van der Waals surface area contributed by atoms with Gasteiger partial charge in [-0.3, -0.25) is 4.79 Å². The summed E-state index contributed by atoms with van der Waals surface area (Å²) >= 11 is 3.49. The number of amides is 1. The zero-order valence-corrected chi connectivity index (χ0v) is 12.8. The van der Waals surface area contributed by atoms with Gasteiger partial charge in [0.15, 0.2) is 0 Å². The molecule has 1 fully saturated rings. The highest BCUT2D eigenvalue weighted by Crippen LogP contribution is 2.27. The first-order valence-corrected chi connectivity index (χ1v) is 7.20. The third-order valence-electron chi connectivity index (χ3n) is 3.52. The largest absolute Gasteiger partial charge is 0.380 e. The molecule has 2 rings (SSSR count). The Balaban J connectivity index is 2.14. The predicted octanol–water partition coefficient (Wildman–Crippen LogP) is 2.39. The Kier molecular flexibility index (Phi) is 4.96. The number of hydrogen-bond acceptors (Lipinski definition) is 3. The van der Waals surface area contributed by atoms with Gasteiger partial charge >= 0.3 is 0 Å². The van der Waals surface area contributed by atoms with Crippen LogP contribution in [0.4, 0.5) is 5.69 Å². The zero-order chi connectivity index (χ0) is 13.8. The molecular formula is C14H19BrN2O2. The number of ether oxygens (including phenoxy) is 1. The maximum Gasteiger partial charge on any atom is 0.229 e. The second kappa shape index (κ2) is 6.50. The lowest BCUT2D eigenvalue weighted by Crippen LogP contribution is -2.28. The van der Waals surface area contributed by atoms with Gasteiger partial charge in [-0.25, -0.2) is 0 Å². The van der Waals surface area contributed by atoms with Gasteiger partial charge in [0.05, 0.1) is 12.5 Å². The van der Waals surface area contributed by atoms with Crippen LogP contribution in [0.15, 0.2) is 22.7 Å². The van der Waals surface area contributed by atoms with Crippen molar-refractivity contribution >= 4 is 27.5 Å². The zero-order valence-electron chi connectivity index (χ0n) is 11.2. The van der Waals surface area contributed by atoms with E-state index in [1.54, 1.807) is 7.11 Å². The average molecular weight is 327 g/mol. The Hall–Kier alpha value is -0.910. The van der Waals surface area contributed by atoms with Crippen LogP contribution in [-0.4, -0.2) is 26.1 Å². The molecule has 4 nitrogen and oxygen atoms in total. The SMILES string of the molecule is COCc1c(Br)cccc1NC(=O)[C@@H]1CNC[C@H]1C. The van der Waals surface area contributed by atoms with Crippen molar-refractivity contribution in [3.63, 3.8) is 0 Å². The number of hydrogen-bond donors (Lipinski definition) is 2. The van der Waals surface area contributed by atoms with Gasteiger partial charge in [0, 0.05) is 29.4 Å². The standard InChI is InChI=1S/C14H19BrN2O2/c1-9-6-16-7-10(9)14(18)17-13-5-3-4-12(15)11(13)8-19-2/h3-5,9-10,16H,6-8H2,1-2H3,(H,17,18)/t9-,10-/m1/s1. The summed E-state index contributed by atoms with van der Waals surface area (Å²) in [5.41, 5.74) is 1.79. The molecule has 2 N–H and O–H groups in total. The van der Waals surface area contributed by atoms with Crippen molar-refractivity contribution in [3.8, 4) is 0 Å². The monoisotopic (exact) mass is 326 g/mol. The van der Waals surface area contributed by atoms with Crippen LogP contribution in [-0.2, 0) is 16.1 Å². The van der Waals surface area contributed by atoms with Gasteiger partial charge in [0.25, 0.3) is 0 Å². The second-order valence-electron chi connectivity index (χ2n) is 4.93. The van der Waals surface area contributed by atoms with Crippen molar-refractivity contribution in [1.82, 2.24) is 5.32 Å². The molecule has 1 aromatic carbocycles. The molecule has 5 heteroatoms. The minimum atomic E-state index is 0.0365. The molecular weight excluding hydrogens is 308 g/mol. The van der Waals surface area contributed by atoms with Gasteiger partial charge < -0.3 is 15.4 Å². The van der Waals surface area contributed by atoms with Crippen molar-refractivity contribution in [2.24, 2.45) is 11.8 Å². The van der Waals surface area contributed by atoms with Crippen LogP contribution in [0.5, 0.6) is 0 Å². The van der Waals surface area contributed by atoms with E-state index in [0.717, 1.165) is 28.8 Å². The quantitative estimate of drug-likeness (QED) is 0.893. The van der Waals surface area contributed by atoms with Crippen molar-refractivity contribution < 1.29 is 9.53 Å². The van der Waals surface area contributed by atoms with Crippen molar-refractivity contribution in [2.45, 2.75) is 13.5 Å². The molecule has 0 bridgehead atoms. The fraction of sp³-hybridized carbons (Fsp3) is 0.500. The first-order valence-electron chi connectivity index (χ1n) is 6.41. The van der Waals surface area contributed by atoms with Gasteiger partial charge in [-0.15, -0.1) is 0 Å². The Morgan fingerprint density at radius 1 is 1.53 bits per heavy atom. The third kappa shape index (κ3) is 3.35. The summed E-state index contributed by atoms with van der Waals surface area (Å²) in [5.74, 6) is 0.486. The minimum absolute atomic E-state index is 0.0365. The number of carbonyl (C=O) groups excluding carboxylic acids is 1. The molecule has 0 spiro atoms. The topological polar surface area (TPSA) is 50.4 Å². The van der Waals surface area contributed by atoms with Crippen LogP contribution in [0.1, 0.15) is 12.5 Å². The summed E-state index contributed by atoms with van der Waals surface area (Å²) in [4.78, 5) is 12.3. The molecule has 19 heavy (non-hydrogen) atoms. The minimum Gasteiger partial charge on any atom is -0.380 e. The molecule has 1 amide bonds. The molecule has 0 aliphatic carbocycles. The fourth-order valence-corrected chi connectivity index (χ4v) is 2.83. The first-order chi connectivity index (χ1) is 9.13. The van der Waals surface area contributed by atoms with Gasteiger partial charge in [0.2, 0.25) is 5.91 Å². The summed E-state index contributed by atoms with van der Waals surface area (Å²) < 4.78 is 6.13. The molecule has 1 saturated heterocycles. The van der Waals surface area contributed by atoms with Crippen LogP contribution >= 0.6 is 15.9 Å². The molecule has 1 aliphatic rings. The van der Waals surface area contributed by atoms with E-state index in [1.165, 1.54) is 0 Å². The van der Waals surface area contributed by atoms with E-state index in [2.05, 4.69) is 33.5 Å². The highest BCUT2D eigenvalue weighted by molar-refractivity contribution is 9.10. The molecule has 0 saturated carbocycles. The number of methoxy groups -OCH3 is 1. The number of nitrogens with one attached hydrogen (secondary N) is 2. The first kappa shape index (κ1) is 14.5. The molecule has 1 aromatic rings. The normalized spacial score (nSPS) is 22.5. The Morgan fingerprint density at radius 2 is 2.32 bits per heavy atom. The predicted molar refractivity (Wildman–Crippen MR) is 79.0 cm³/mol. The van der Waals surface area contributed by atoms with Gasteiger partial charge in [0.1, 0.15) is 0 Å². The number of halogens is 1. The maximum atomic E-state index is 12.3. The van der Waals surface area contributed by atoms with Crippen molar-refractivity contribution in [2.75, 3.05) is 25.5 Å². The van der Waals surface area contributed by atoms with E-state index in [9.17, 15) is 4.79 Å². The molecule has 2 atom stereocenters. The van der Waals surface area contributed by atoms with Gasteiger partial charge in [-0.1, -0.05) is 28.9 Å². The van der Waals surface area contributed by atoms with Crippen LogP contribution < -0.4 is 10.6 Å². The molecule has 1 aliphatic heterocycles. The van der Waals surface area contributed by atoms with E-state index in [-0.39, 0.29) is 11.8 Å².